The number of anilines is 1. The Kier molecular flexibility index (Phi) is 3.95. The summed E-state index contributed by atoms with van der Waals surface area (Å²) in [6.07, 6.45) is 0. The monoisotopic (exact) mass is 244 g/mol. The summed E-state index contributed by atoms with van der Waals surface area (Å²) in [6.45, 7) is 0.690. The Morgan fingerprint density at radius 3 is 2.28 bits per heavy atom. The van der Waals surface area contributed by atoms with Crippen LogP contribution in [0.3, 0.4) is 0 Å². The molecule has 0 aliphatic carbocycles. The molecule has 0 saturated carbocycles. The molecule has 0 heterocycles. The molecule has 18 heavy (non-hydrogen) atoms. The van der Waals surface area contributed by atoms with Crippen molar-refractivity contribution in [2.75, 3.05) is 18.5 Å². The van der Waals surface area contributed by atoms with Gasteiger partial charge in [0.05, 0.1) is 0 Å². The molecule has 0 amide bonds. The molecule has 2 aromatic rings. The molecule has 0 bridgehead atoms. The highest BCUT2D eigenvalue weighted by Crippen LogP contribution is 2.16. The molecule has 0 aromatic heterocycles. The molecule has 2 N–H and O–H groups in total. The Hall–Kier alpha value is -1.87. The second-order valence-corrected chi connectivity index (χ2v) is 4.37. The van der Waals surface area contributed by atoms with Crippen molar-refractivity contribution in [1.29, 1.82) is 0 Å². The highest BCUT2D eigenvalue weighted by Gasteiger charge is 2.09. The Morgan fingerprint density at radius 1 is 1.06 bits per heavy atom. The lowest BCUT2D eigenvalue weighted by Crippen LogP contribution is -2.28. The molecule has 94 valence electrons. The van der Waals surface area contributed by atoms with Crippen molar-refractivity contribution in [2.24, 2.45) is 5.73 Å². The van der Waals surface area contributed by atoms with Gasteiger partial charge in [0, 0.05) is 25.3 Å². The zero-order chi connectivity index (χ0) is 13.0. The van der Waals surface area contributed by atoms with Gasteiger partial charge in [-0.05, 0) is 29.8 Å². The van der Waals surface area contributed by atoms with E-state index in [2.05, 4.69) is 4.90 Å². The van der Waals surface area contributed by atoms with E-state index in [1.807, 2.05) is 37.4 Å². The average molecular weight is 244 g/mol. The number of nitrogens with two attached hydrogens (primary N) is 1. The van der Waals surface area contributed by atoms with E-state index in [9.17, 15) is 4.39 Å². The summed E-state index contributed by atoms with van der Waals surface area (Å²) in [4.78, 5) is 2.09. The smallest absolute Gasteiger partial charge is 0.123 e. The summed E-state index contributed by atoms with van der Waals surface area (Å²) in [5.74, 6) is -0.234. The topological polar surface area (TPSA) is 29.3 Å². The van der Waals surface area contributed by atoms with Crippen molar-refractivity contribution in [3.8, 4) is 0 Å². The third kappa shape index (κ3) is 3.08. The van der Waals surface area contributed by atoms with Gasteiger partial charge in [0.15, 0.2) is 0 Å². The molecule has 2 aromatic carbocycles. The van der Waals surface area contributed by atoms with Crippen LogP contribution in [0.1, 0.15) is 11.6 Å². The SMILES string of the molecule is CN(CC(N)c1ccc(F)cc1)c1ccccc1. The number of hydrogen-bond donors (Lipinski definition) is 1. The van der Waals surface area contributed by atoms with Gasteiger partial charge in [-0.3, -0.25) is 0 Å². The maximum Gasteiger partial charge on any atom is 0.123 e. The van der Waals surface area contributed by atoms with Crippen molar-refractivity contribution in [1.82, 2.24) is 0 Å². The molecule has 1 atom stereocenters. The molecule has 0 aliphatic rings. The number of likely N-dealkylation sites (N-methyl/N-ethyl adjacent to an activating group) is 1. The highest BCUT2D eigenvalue weighted by atomic mass is 19.1. The Morgan fingerprint density at radius 2 is 1.67 bits per heavy atom. The molecule has 0 radical (unpaired) electrons. The first-order valence-electron chi connectivity index (χ1n) is 5.94. The molecule has 3 heteroatoms. The van der Waals surface area contributed by atoms with E-state index in [0.29, 0.717) is 6.54 Å². The van der Waals surface area contributed by atoms with Crippen LogP contribution in [-0.4, -0.2) is 13.6 Å². The Balaban J connectivity index is 2.03. The minimum Gasteiger partial charge on any atom is -0.373 e. The van der Waals surface area contributed by atoms with Crippen LogP contribution in [-0.2, 0) is 0 Å². The predicted molar refractivity (Wildman–Crippen MR) is 73.0 cm³/mol. The van der Waals surface area contributed by atoms with E-state index < -0.39 is 0 Å². The first-order chi connectivity index (χ1) is 8.66. The fourth-order valence-corrected chi connectivity index (χ4v) is 1.90. The van der Waals surface area contributed by atoms with E-state index in [-0.39, 0.29) is 11.9 Å². The highest BCUT2D eigenvalue weighted by molar-refractivity contribution is 5.45. The van der Waals surface area contributed by atoms with E-state index in [0.717, 1.165) is 11.3 Å². The van der Waals surface area contributed by atoms with E-state index in [1.165, 1.54) is 12.1 Å². The molecule has 2 nitrogen and oxygen atoms in total. The van der Waals surface area contributed by atoms with Crippen LogP contribution < -0.4 is 10.6 Å². The molecule has 0 aliphatic heterocycles. The number of rotatable bonds is 4. The maximum absolute atomic E-state index is 12.8. The molecular formula is C15H17FN2. The van der Waals surface area contributed by atoms with Crippen molar-refractivity contribution in [2.45, 2.75) is 6.04 Å². The number of para-hydroxylation sites is 1. The van der Waals surface area contributed by atoms with Gasteiger partial charge < -0.3 is 10.6 Å². The summed E-state index contributed by atoms with van der Waals surface area (Å²) in [5, 5.41) is 0. The van der Waals surface area contributed by atoms with Gasteiger partial charge >= 0.3 is 0 Å². The zero-order valence-corrected chi connectivity index (χ0v) is 10.4. The summed E-state index contributed by atoms with van der Waals surface area (Å²) in [6, 6.07) is 16.3. The molecular weight excluding hydrogens is 227 g/mol. The van der Waals surface area contributed by atoms with Crippen molar-refractivity contribution < 1.29 is 4.39 Å². The molecule has 0 fully saturated rings. The molecule has 1 unspecified atom stereocenters. The van der Waals surface area contributed by atoms with E-state index >= 15 is 0 Å². The minimum atomic E-state index is -0.234. The lowest BCUT2D eigenvalue weighted by molar-refractivity contribution is 0.624. The number of benzene rings is 2. The number of nitrogens with zero attached hydrogens (tertiary/aromatic N) is 1. The second-order valence-electron chi connectivity index (χ2n) is 4.37. The minimum absolute atomic E-state index is 0.129. The van der Waals surface area contributed by atoms with Crippen LogP contribution in [0, 0.1) is 5.82 Å². The maximum atomic E-state index is 12.8. The lowest BCUT2D eigenvalue weighted by atomic mass is 10.1. The summed E-state index contributed by atoms with van der Waals surface area (Å²) in [7, 11) is 2.00. The van der Waals surface area contributed by atoms with Gasteiger partial charge in [0.25, 0.3) is 0 Å². The largest absolute Gasteiger partial charge is 0.373 e. The van der Waals surface area contributed by atoms with Crippen LogP contribution in [0.5, 0.6) is 0 Å². The predicted octanol–water partition coefficient (Wildman–Crippen LogP) is 2.96. The van der Waals surface area contributed by atoms with Crippen molar-refractivity contribution in [3.63, 3.8) is 0 Å². The van der Waals surface area contributed by atoms with Crippen molar-refractivity contribution in [3.05, 3.63) is 66.0 Å². The molecule has 2 rings (SSSR count). The van der Waals surface area contributed by atoms with Crippen LogP contribution in [0.25, 0.3) is 0 Å². The number of hydrogen-bond acceptors (Lipinski definition) is 2. The van der Waals surface area contributed by atoms with Crippen LogP contribution in [0.2, 0.25) is 0 Å². The summed E-state index contributed by atoms with van der Waals surface area (Å²) < 4.78 is 12.8. The first kappa shape index (κ1) is 12.6. The standard InChI is InChI=1S/C15H17FN2/c1-18(14-5-3-2-4-6-14)11-15(17)12-7-9-13(16)10-8-12/h2-10,15H,11,17H2,1H3. The quantitative estimate of drug-likeness (QED) is 0.896. The van der Waals surface area contributed by atoms with E-state index in [4.69, 9.17) is 5.73 Å². The summed E-state index contributed by atoms with van der Waals surface area (Å²) in [5.41, 5.74) is 8.18. The van der Waals surface area contributed by atoms with Crippen LogP contribution in [0.15, 0.2) is 54.6 Å². The van der Waals surface area contributed by atoms with Gasteiger partial charge in [-0.1, -0.05) is 30.3 Å². The van der Waals surface area contributed by atoms with Gasteiger partial charge in [-0.2, -0.15) is 0 Å². The fraction of sp³-hybridized carbons (Fsp3) is 0.200. The fourth-order valence-electron chi connectivity index (χ4n) is 1.90. The van der Waals surface area contributed by atoms with Crippen LogP contribution in [0.4, 0.5) is 10.1 Å². The third-order valence-corrected chi connectivity index (χ3v) is 2.97. The second kappa shape index (κ2) is 5.65. The molecule has 0 spiro atoms. The Labute approximate surface area is 107 Å². The van der Waals surface area contributed by atoms with Gasteiger partial charge in [0.2, 0.25) is 0 Å². The van der Waals surface area contributed by atoms with Gasteiger partial charge in [0.1, 0.15) is 5.82 Å². The lowest BCUT2D eigenvalue weighted by Gasteiger charge is -2.23. The first-order valence-corrected chi connectivity index (χ1v) is 5.94. The average Bonchev–Trinajstić information content (AvgIpc) is 2.40. The zero-order valence-electron chi connectivity index (χ0n) is 10.4. The third-order valence-electron chi connectivity index (χ3n) is 2.97. The normalized spacial score (nSPS) is 12.2. The summed E-state index contributed by atoms with van der Waals surface area (Å²) >= 11 is 0. The molecule has 0 saturated heterocycles. The van der Waals surface area contributed by atoms with E-state index in [1.54, 1.807) is 12.1 Å². The van der Waals surface area contributed by atoms with Gasteiger partial charge in [-0.15, -0.1) is 0 Å². The van der Waals surface area contributed by atoms with Gasteiger partial charge in [-0.25, -0.2) is 4.39 Å². The van der Waals surface area contributed by atoms with Crippen molar-refractivity contribution >= 4 is 5.69 Å². The Bertz CT molecular complexity index is 482. The number of halogens is 1. The van der Waals surface area contributed by atoms with Crippen LogP contribution >= 0.6 is 0 Å².